The molecule has 0 heterocycles. The third kappa shape index (κ3) is 8.19. The molecule has 0 aliphatic heterocycles. The Morgan fingerprint density at radius 3 is 2.23 bits per heavy atom. The average Bonchev–Trinajstić information content (AvgIpc) is 1.81. The molecule has 0 aromatic heterocycles. The lowest BCUT2D eigenvalue weighted by atomic mass is 10.3. The van der Waals surface area contributed by atoms with Gasteiger partial charge in [0.25, 0.3) is 5.85 Å². The van der Waals surface area contributed by atoms with Gasteiger partial charge >= 0.3 is 0 Å². The first kappa shape index (κ1) is 12.8. The van der Waals surface area contributed by atoms with E-state index in [2.05, 4.69) is 6.92 Å². The molecule has 0 aromatic rings. The summed E-state index contributed by atoms with van der Waals surface area (Å²) in [5.74, 6) is -1.49. The monoisotopic (exact) mass is 192 g/mol. The Bertz CT molecular complexity index is 140. The van der Waals surface area contributed by atoms with E-state index in [1.807, 2.05) is 21.1 Å². The van der Waals surface area contributed by atoms with Gasteiger partial charge in [-0.05, 0) is 6.42 Å². The van der Waals surface area contributed by atoms with E-state index in [0.29, 0.717) is 17.6 Å². The van der Waals surface area contributed by atoms with Crippen LogP contribution in [0.25, 0.3) is 0 Å². The van der Waals surface area contributed by atoms with Crippen LogP contribution < -0.4 is 0 Å². The van der Waals surface area contributed by atoms with Crippen molar-refractivity contribution in [2.45, 2.75) is 32.5 Å². The Morgan fingerprint density at radius 2 is 1.85 bits per heavy atom. The van der Waals surface area contributed by atoms with Crippen LogP contribution in [0.2, 0.25) is 0 Å². The van der Waals surface area contributed by atoms with Gasteiger partial charge in [0.2, 0.25) is 0 Å². The molecule has 0 saturated carbocycles. The minimum Gasteiger partial charge on any atom is -0.342 e. The molecule has 0 spiro atoms. The molecule has 0 saturated heterocycles. The normalized spacial score (nSPS) is 17.1. The van der Waals surface area contributed by atoms with Gasteiger partial charge in [0, 0.05) is 6.92 Å². The summed E-state index contributed by atoms with van der Waals surface area (Å²) < 4.78 is 19.4. The fourth-order valence-corrected chi connectivity index (χ4v) is 1.32. The third-order valence-electron chi connectivity index (χ3n) is 1.66. The highest BCUT2D eigenvalue weighted by molar-refractivity contribution is 4.58. The van der Waals surface area contributed by atoms with Crippen molar-refractivity contribution in [2.75, 3.05) is 34.3 Å². The summed E-state index contributed by atoms with van der Waals surface area (Å²) >= 11 is 0. The van der Waals surface area contributed by atoms with E-state index >= 15 is 0 Å². The Hall–Kier alpha value is -0.150. The minimum absolute atomic E-state index is 0.386. The van der Waals surface area contributed by atoms with Crippen LogP contribution in [0.3, 0.4) is 0 Å². The zero-order valence-corrected chi connectivity index (χ0v) is 9.56. The molecule has 0 bridgehead atoms. The van der Waals surface area contributed by atoms with Crippen molar-refractivity contribution in [1.29, 1.82) is 0 Å². The van der Waals surface area contributed by atoms with Gasteiger partial charge in [-0.1, -0.05) is 13.3 Å². The molecule has 0 aromatic carbocycles. The number of rotatable bonds is 6. The number of hydrogen-bond donors (Lipinski definition) is 0. The summed E-state index contributed by atoms with van der Waals surface area (Å²) in [6.45, 7) is 4.48. The zero-order chi connectivity index (χ0) is 10.5. The van der Waals surface area contributed by atoms with Crippen molar-refractivity contribution in [3.63, 3.8) is 0 Å². The van der Waals surface area contributed by atoms with Crippen LogP contribution in [-0.4, -0.2) is 44.6 Å². The van der Waals surface area contributed by atoms with E-state index in [1.165, 1.54) is 6.92 Å². The molecule has 0 fully saturated rings. The van der Waals surface area contributed by atoms with Gasteiger partial charge in [0.05, 0.1) is 27.7 Å². The van der Waals surface area contributed by atoms with Gasteiger partial charge in [-0.3, -0.25) is 0 Å². The van der Waals surface area contributed by atoms with Gasteiger partial charge in [0.15, 0.2) is 0 Å². The highest BCUT2D eigenvalue weighted by Crippen LogP contribution is 2.16. The van der Waals surface area contributed by atoms with Crippen LogP contribution in [-0.2, 0) is 4.74 Å². The van der Waals surface area contributed by atoms with E-state index in [1.54, 1.807) is 0 Å². The van der Waals surface area contributed by atoms with Crippen LogP contribution in [0.5, 0.6) is 0 Å². The maximum atomic E-state index is 13.7. The molecule has 0 N–H and O–H groups in total. The lowest BCUT2D eigenvalue weighted by Gasteiger charge is -2.31. The van der Waals surface area contributed by atoms with Crippen molar-refractivity contribution < 1.29 is 13.6 Å². The predicted molar refractivity (Wildman–Crippen MR) is 53.3 cm³/mol. The van der Waals surface area contributed by atoms with Crippen molar-refractivity contribution >= 4 is 0 Å². The van der Waals surface area contributed by atoms with Crippen molar-refractivity contribution in [2.24, 2.45) is 0 Å². The Morgan fingerprint density at radius 1 is 1.31 bits per heavy atom. The highest BCUT2D eigenvalue weighted by Gasteiger charge is 2.31. The first-order valence-corrected chi connectivity index (χ1v) is 4.90. The largest absolute Gasteiger partial charge is 0.342 e. The molecule has 0 aliphatic carbocycles. The SMILES string of the molecule is CCCCOC(C)(F)C[N+](C)(C)C. The smallest absolute Gasteiger partial charge is 0.255 e. The van der Waals surface area contributed by atoms with Crippen molar-refractivity contribution in [1.82, 2.24) is 0 Å². The van der Waals surface area contributed by atoms with Gasteiger partial charge < -0.3 is 9.22 Å². The molecule has 0 radical (unpaired) electrons. The maximum Gasteiger partial charge on any atom is 0.255 e. The number of quaternary nitrogens is 1. The first-order valence-electron chi connectivity index (χ1n) is 4.90. The van der Waals surface area contributed by atoms with Crippen LogP contribution >= 0.6 is 0 Å². The molecule has 1 atom stereocenters. The number of unbranched alkanes of at least 4 members (excludes halogenated alkanes) is 1. The number of nitrogens with zero attached hydrogens (tertiary/aromatic N) is 1. The third-order valence-corrected chi connectivity index (χ3v) is 1.66. The molecule has 2 nitrogen and oxygen atoms in total. The second-order valence-corrected chi connectivity index (χ2v) is 4.75. The Labute approximate surface area is 81.3 Å². The quantitative estimate of drug-likeness (QED) is 0.463. The van der Waals surface area contributed by atoms with E-state index in [4.69, 9.17) is 4.74 Å². The Kier molecular flexibility index (Phi) is 4.86. The number of alkyl halides is 1. The first-order chi connectivity index (χ1) is 5.77. The second kappa shape index (κ2) is 4.91. The number of hydrogen-bond acceptors (Lipinski definition) is 1. The maximum absolute atomic E-state index is 13.7. The van der Waals surface area contributed by atoms with Crippen LogP contribution in [0.1, 0.15) is 26.7 Å². The molecular weight excluding hydrogens is 169 g/mol. The average molecular weight is 192 g/mol. The van der Waals surface area contributed by atoms with Crippen molar-refractivity contribution in [3.05, 3.63) is 0 Å². The van der Waals surface area contributed by atoms with E-state index in [-0.39, 0.29) is 0 Å². The molecule has 0 aliphatic rings. The molecule has 1 unspecified atom stereocenters. The summed E-state index contributed by atoms with van der Waals surface area (Å²) in [5.41, 5.74) is 0. The summed E-state index contributed by atoms with van der Waals surface area (Å²) in [6.07, 6.45) is 1.97. The lowest BCUT2D eigenvalue weighted by molar-refractivity contribution is -0.879. The molecule has 0 rings (SSSR count). The Balaban J connectivity index is 3.80. The summed E-state index contributed by atoms with van der Waals surface area (Å²) in [6, 6.07) is 0. The van der Waals surface area contributed by atoms with Gasteiger partial charge in [-0.25, -0.2) is 4.39 Å². The topological polar surface area (TPSA) is 9.23 Å². The van der Waals surface area contributed by atoms with Gasteiger partial charge in [-0.2, -0.15) is 0 Å². The van der Waals surface area contributed by atoms with Gasteiger partial charge in [0.1, 0.15) is 6.54 Å². The summed E-state index contributed by atoms with van der Waals surface area (Å²) in [5, 5.41) is 0. The predicted octanol–water partition coefficient (Wildman–Crippen LogP) is 2.20. The summed E-state index contributed by atoms with van der Waals surface area (Å²) in [7, 11) is 5.88. The fourth-order valence-electron chi connectivity index (χ4n) is 1.32. The summed E-state index contributed by atoms with van der Waals surface area (Å²) in [4.78, 5) is 0. The standard InChI is InChI=1S/C10H23FNO/c1-6-7-8-13-10(2,11)9-12(3,4)5/h6-9H2,1-5H3/q+1. The molecule has 3 heteroatoms. The number of halogens is 1. The molecular formula is C10H23FNO+. The number of ether oxygens (including phenoxy) is 1. The van der Waals surface area contributed by atoms with Gasteiger partial charge in [-0.15, -0.1) is 0 Å². The van der Waals surface area contributed by atoms with E-state index < -0.39 is 5.85 Å². The minimum atomic E-state index is -1.49. The fraction of sp³-hybridized carbons (Fsp3) is 1.00. The molecule has 0 amide bonds. The zero-order valence-electron chi connectivity index (χ0n) is 9.56. The molecule has 13 heavy (non-hydrogen) atoms. The van der Waals surface area contributed by atoms with E-state index in [9.17, 15) is 4.39 Å². The highest BCUT2D eigenvalue weighted by atomic mass is 19.2. The second-order valence-electron chi connectivity index (χ2n) is 4.75. The molecule has 80 valence electrons. The van der Waals surface area contributed by atoms with Crippen LogP contribution in [0.4, 0.5) is 4.39 Å². The van der Waals surface area contributed by atoms with E-state index in [0.717, 1.165) is 12.8 Å². The number of likely N-dealkylation sites (N-methyl/N-ethyl adjacent to an activating group) is 1. The lowest BCUT2D eigenvalue weighted by Crippen LogP contribution is -2.46. The van der Waals surface area contributed by atoms with Crippen LogP contribution in [0.15, 0.2) is 0 Å². The van der Waals surface area contributed by atoms with Crippen molar-refractivity contribution in [3.8, 4) is 0 Å². The van der Waals surface area contributed by atoms with Crippen LogP contribution in [0, 0.1) is 0 Å².